The first-order chi connectivity index (χ1) is 14.8. The minimum absolute atomic E-state index is 0. The van der Waals surface area contributed by atoms with E-state index in [9.17, 15) is 18.0 Å². The van der Waals surface area contributed by atoms with Crippen molar-refractivity contribution in [3.8, 4) is 5.75 Å². The predicted molar refractivity (Wildman–Crippen MR) is 129 cm³/mol. The van der Waals surface area contributed by atoms with E-state index in [1.165, 1.54) is 12.1 Å². The number of ether oxygens (including phenoxy) is 1. The molecule has 0 aliphatic rings. The van der Waals surface area contributed by atoms with Crippen LogP contribution in [0.3, 0.4) is 0 Å². The minimum atomic E-state index is -4.36. The number of nitrogens with zero attached hydrogens (tertiary/aromatic N) is 2. The molecular weight excluding hydrogens is 536 g/mol. The summed E-state index contributed by atoms with van der Waals surface area (Å²) in [7, 11) is 3.39. The van der Waals surface area contributed by atoms with E-state index in [2.05, 4.69) is 20.4 Å². The summed E-state index contributed by atoms with van der Waals surface area (Å²) >= 11 is 0. The second-order valence-electron chi connectivity index (χ2n) is 6.89. The Morgan fingerprint density at radius 3 is 2.28 bits per heavy atom. The largest absolute Gasteiger partial charge is 0.484 e. The van der Waals surface area contributed by atoms with E-state index in [1.807, 2.05) is 30.3 Å². The maximum atomic E-state index is 12.3. The molecule has 0 radical (unpaired) electrons. The van der Waals surface area contributed by atoms with Crippen molar-refractivity contribution < 1.29 is 22.7 Å². The maximum absolute atomic E-state index is 12.3. The highest BCUT2D eigenvalue weighted by atomic mass is 127. The number of nitrogens with one attached hydrogen (secondary N) is 2. The monoisotopic (exact) mass is 564 g/mol. The van der Waals surface area contributed by atoms with Gasteiger partial charge in [0, 0.05) is 40.2 Å². The van der Waals surface area contributed by atoms with Gasteiger partial charge in [0.05, 0.1) is 0 Å². The SMILES string of the molecule is CN=C(NCCC(=O)N(C)Cc1ccccc1)NCc1ccc(OCC(F)(F)F)cc1.I. The molecule has 0 saturated carbocycles. The van der Waals surface area contributed by atoms with Crippen LogP contribution in [0.1, 0.15) is 17.5 Å². The van der Waals surface area contributed by atoms with E-state index >= 15 is 0 Å². The van der Waals surface area contributed by atoms with Gasteiger partial charge in [-0.15, -0.1) is 24.0 Å². The molecule has 0 heterocycles. The number of halogens is 4. The number of carbonyl (C=O) groups is 1. The Morgan fingerprint density at radius 2 is 1.69 bits per heavy atom. The van der Waals surface area contributed by atoms with Crippen LogP contribution in [0.2, 0.25) is 0 Å². The van der Waals surface area contributed by atoms with Crippen molar-refractivity contribution in [3.05, 3.63) is 65.7 Å². The van der Waals surface area contributed by atoms with Crippen LogP contribution >= 0.6 is 24.0 Å². The molecule has 6 nitrogen and oxygen atoms in total. The van der Waals surface area contributed by atoms with E-state index in [4.69, 9.17) is 0 Å². The summed E-state index contributed by atoms with van der Waals surface area (Å²) in [4.78, 5) is 18.1. The Kier molecular flexibility index (Phi) is 11.9. The van der Waals surface area contributed by atoms with Gasteiger partial charge >= 0.3 is 6.18 Å². The van der Waals surface area contributed by atoms with E-state index in [1.54, 1.807) is 31.1 Å². The fraction of sp³-hybridized carbons (Fsp3) is 0.364. The third kappa shape index (κ3) is 10.7. The van der Waals surface area contributed by atoms with Crippen LogP contribution < -0.4 is 15.4 Å². The quantitative estimate of drug-likeness (QED) is 0.275. The molecule has 32 heavy (non-hydrogen) atoms. The molecule has 10 heteroatoms. The van der Waals surface area contributed by atoms with Crippen molar-refractivity contribution in [2.45, 2.75) is 25.7 Å². The normalized spacial score (nSPS) is 11.3. The second kappa shape index (κ2) is 13.8. The van der Waals surface area contributed by atoms with Gasteiger partial charge in [-0.1, -0.05) is 42.5 Å². The van der Waals surface area contributed by atoms with Crippen LogP contribution in [0, 0.1) is 0 Å². The summed E-state index contributed by atoms with van der Waals surface area (Å²) in [6.45, 7) is 0.0681. The van der Waals surface area contributed by atoms with Crippen molar-refractivity contribution in [1.29, 1.82) is 0 Å². The second-order valence-corrected chi connectivity index (χ2v) is 6.89. The zero-order chi connectivity index (χ0) is 22.7. The molecule has 0 bridgehead atoms. The summed E-state index contributed by atoms with van der Waals surface area (Å²) < 4.78 is 41.2. The van der Waals surface area contributed by atoms with Crippen molar-refractivity contribution in [1.82, 2.24) is 15.5 Å². The standard InChI is InChI=1S/C22H27F3N4O2.HI/c1-26-21(27-13-12-20(30)29(2)15-18-6-4-3-5-7-18)28-14-17-8-10-19(11-9-17)31-16-22(23,24)25;/h3-11H,12-16H2,1-2H3,(H2,26,27,28);1H. The smallest absolute Gasteiger partial charge is 0.422 e. The van der Waals surface area contributed by atoms with Gasteiger partial charge in [0.1, 0.15) is 5.75 Å². The van der Waals surface area contributed by atoms with Gasteiger partial charge in [-0.05, 0) is 23.3 Å². The molecule has 0 aliphatic carbocycles. The average molecular weight is 564 g/mol. The van der Waals surface area contributed by atoms with Crippen LogP contribution in [0.4, 0.5) is 13.2 Å². The van der Waals surface area contributed by atoms with E-state index < -0.39 is 12.8 Å². The van der Waals surface area contributed by atoms with Crippen molar-refractivity contribution >= 4 is 35.8 Å². The van der Waals surface area contributed by atoms with Crippen LogP contribution in [0.25, 0.3) is 0 Å². The lowest BCUT2D eigenvalue weighted by molar-refractivity contribution is -0.153. The summed E-state index contributed by atoms with van der Waals surface area (Å²) in [5.41, 5.74) is 1.92. The first-order valence-corrected chi connectivity index (χ1v) is 9.78. The molecular formula is C22H28F3IN4O2. The summed E-state index contributed by atoms with van der Waals surface area (Å²) in [5, 5.41) is 6.18. The number of alkyl halides is 3. The molecule has 2 N–H and O–H groups in total. The molecule has 2 aromatic carbocycles. The van der Waals surface area contributed by atoms with Gasteiger partial charge in [0.15, 0.2) is 12.6 Å². The fourth-order valence-electron chi connectivity index (χ4n) is 2.70. The highest BCUT2D eigenvalue weighted by Crippen LogP contribution is 2.18. The fourth-order valence-corrected chi connectivity index (χ4v) is 2.70. The molecule has 0 atom stereocenters. The molecule has 1 amide bonds. The zero-order valence-electron chi connectivity index (χ0n) is 18.0. The Morgan fingerprint density at radius 1 is 1.03 bits per heavy atom. The Balaban J connectivity index is 0.00000512. The molecule has 0 spiro atoms. The maximum Gasteiger partial charge on any atom is 0.422 e. The van der Waals surface area contributed by atoms with Gasteiger partial charge < -0.3 is 20.3 Å². The van der Waals surface area contributed by atoms with Gasteiger partial charge in [0.25, 0.3) is 0 Å². The number of hydrogen-bond donors (Lipinski definition) is 2. The predicted octanol–water partition coefficient (Wildman–Crippen LogP) is 3.96. The highest BCUT2D eigenvalue weighted by Gasteiger charge is 2.28. The Bertz CT molecular complexity index is 847. The number of guanidine groups is 1. The van der Waals surface area contributed by atoms with E-state index in [-0.39, 0.29) is 35.6 Å². The molecule has 0 fully saturated rings. The summed E-state index contributed by atoms with van der Waals surface area (Å²) in [5.74, 6) is 0.693. The number of hydrogen-bond acceptors (Lipinski definition) is 3. The third-order valence-electron chi connectivity index (χ3n) is 4.33. The Labute approximate surface area is 203 Å². The van der Waals surface area contributed by atoms with Crippen molar-refractivity contribution in [2.24, 2.45) is 4.99 Å². The lowest BCUT2D eigenvalue weighted by atomic mass is 10.2. The van der Waals surface area contributed by atoms with Crippen LogP contribution in [0.5, 0.6) is 5.75 Å². The minimum Gasteiger partial charge on any atom is -0.484 e. The molecule has 0 aliphatic heterocycles. The van der Waals surface area contributed by atoms with Crippen molar-refractivity contribution in [3.63, 3.8) is 0 Å². The molecule has 0 aromatic heterocycles. The van der Waals surface area contributed by atoms with Crippen LogP contribution in [-0.2, 0) is 17.9 Å². The lowest BCUT2D eigenvalue weighted by Gasteiger charge is -2.18. The summed E-state index contributed by atoms with van der Waals surface area (Å²) in [6.07, 6.45) is -4.05. The highest BCUT2D eigenvalue weighted by molar-refractivity contribution is 14.0. The van der Waals surface area contributed by atoms with E-state index in [0.29, 0.717) is 32.0 Å². The molecule has 2 aromatic rings. The number of aliphatic imine (C=N–C) groups is 1. The van der Waals surface area contributed by atoms with Gasteiger partial charge in [-0.25, -0.2) is 0 Å². The number of rotatable bonds is 9. The Hall–Kier alpha value is -2.50. The number of carbonyl (C=O) groups excluding carboxylic acids is 1. The lowest BCUT2D eigenvalue weighted by Crippen LogP contribution is -2.39. The average Bonchev–Trinajstić information content (AvgIpc) is 2.75. The van der Waals surface area contributed by atoms with Crippen LogP contribution in [0.15, 0.2) is 59.6 Å². The molecule has 0 saturated heterocycles. The van der Waals surface area contributed by atoms with Gasteiger partial charge in [-0.3, -0.25) is 9.79 Å². The third-order valence-corrected chi connectivity index (χ3v) is 4.33. The number of amides is 1. The zero-order valence-corrected chi connectivity index (χ0v) is 20.3. The molecule has 2 rings (SSSR count). The summed E-state index contributed by atoms with van der Waals surface area (Å²) in [6, 6.07) is 16.1. The van der Waals surface area contributed by atoms with Crippen LogP contribution in [-0.4, -0.2) is 50.2 Å². The molecule has 176 valence electrons. The molecule has 0 unspecified atom stereocenters. The topological polar surface area (TPSA) is 66.0 Å². The first kappa shape index (κ1) is 27.5. The number of benzene rings is 2. The van der Waals surface area contributed by atoms with Gasteiger partial charge in [0.2, 0.25) is 5.91 Å². The van der Waals surface area contributed by atoms with Gasteiger partial charge in [-0.2, -0.15) is 13.2 Å². The van der Waals surface area contributed by atoms with Crippen molar-refractivity contribution in [2.75, 3.05) is 27.2 Å². The van der Waals surface area contributed by atoms with E-state index in [0.717, 1.165) is 11.1 Å². The first-order valence-electron chi connectivity index (χ1n) is 9.78.